The Balaban J connectivity index is 1.62. The molecule has 0 spiro atoms. The van der Waals surface area contributed by atoms with Gasteiger partial charge in [0.1, 0.15) is 5.82 Å². The molecule has 126 valence electrons. The highest BCUT2D eigenvalue weighted by Gasteiger charge is 2.17. The maximum Gasteiger partial charge on any atom is 0.251 e. The minimum Gasteiger partial charge on any atom is -0.356 e. The van der Waals surface area contributed by atoms with Crippen LogP contribution in [0.25, 0.3) is 0 Å². The lowest BCUT2D eigenvalue weighted by atomic mass is 10.2. The molecule has 1 aromatic heterocycles. The maximum absolute atomic E-state index is 11.7. The van der Waals surface area contributed by atoms with Gasteiger partial charge < -0.3 is 15.6 Å². The standard InChI is InChI=1S/C16H24N4O3/c1-11-18-13(10-16(23)19-11)8-9-17-14(21)6-7-15(22)20-12-4-2-3-5-12/h10,12H,2-9H2,1H3,(H,17,21)(H,20,22)(H,18,19,23). The van der Waals surface area contributed by atoms with E-state index >= 15 is 0 Å². The number of H-pyrrole nitrogens is 1. The number of aryl methyl sites for hydroxylation is 1. The summed E-state index contributed by atoms with van der Waals surface area (Å²) in [5, 5.41) is 5.71. The van der Waals surface area contributed by atoms with E-state index in [1.165, 1.54) is 18.9 Å². The van der Waals surface area contributed by atoms with Gasteiger partial charge in [0.25, 0.3) is 5.56 Å². The summed E-state index contributed by atoms with van der Waals surface area (Å²) in [7, 11) is 0. The molecule has 2 rings (SSSR count). The molecule has 7 nitrogen and oxygen atoms in total. The number of aromatic amines is 1. The first-order chi connectivity index (χ1) is 11.0. The van der Waals surface area contributed by atoms with E-state index < -0.39 is 0 Å². The smallest absolute Gasteiger partial charge is 0.251 e. The largest absolute Gasteiger partial charge is 0.356 e. The molecule has 0 unspecified atom stereocenters. The Hall–Kier alpha value is -2.18. The van der Waals surface area contributed by atoms with Gasteiger partial charge >= 0.3 is 0 Å². The van der Waals surface area contributed by atoms with Gasteiger partial charge in [0, 0.05) is 43.6 Å². The fourth-order valence-corrected chi connectivity index (χ4v) is 2.78. The third-order valence-corrected chi connectivity index (χ3v) is 3.92. The molecule has 7 heteroatoms. The molecule has 0 bridgehead atoms. The van der Waals surface area contributed by atoms with Crippen molar-refractivity contribution >= 4 is 11.8 Å². The van der Waals surface area contributed by atoms with Crippen molar-refractivity contribution in [2.75, 3.05) is 6.54 Å². The molecule has 23 heavy (non-hydrogen) atoms. The number of carbonyl (C=O) groups is 2. The third kappa shape index (κ3) is 6.22. The molecule has 1 heterocycles. The summed E-state index contributed by atoms with van der Waals surface area (Å²) in [6, 6.07) is 1.71. The second-order valence-electron chi connectivity index (χ2n) is 5.97. The highest BCUT2D eigenvalue weighted by atomic mass is 16.2. The van der Waals surface area contributed by atoms with Gasteiger partial charge in [0.15, 0.2) is 0 Å². The molecule has 2 amide bonds. The van der Waals surface area contributed by atoms with Crippen LogP contribution >= 0.6 is 0 Å². The highest BCUT2D eigenvalue weighted by molar-refractivity contribution is 5.83. The van der Waals surface area contributed by atoms with Gasteiger partial charge in [-0.05, 0) is 19.8 Å². The Kier molecular flexibility index (Phi) is 6.31. The Morgan fingerprint density at radius 2 is 1.96 bits per heavy atom. The normalized spacial score (nSPS) is 14.7. The molecule has 0 aromatic carbocycles. The second-order valence-corrected chi connectivity index (χ2v) is 5.97. The van der Waals surface area contributed by atoms with E-state index in [2.05, 4.69) is 20.6 Å². The van der Waals surface area contributed by atoms with E-state index in [0.717, 1.165) is 12.8 Å². The Morgan fingerprint density at radius 3 is 2.65 bits per heavy atom. The Labute approximate surface area is 135 Å². The fourth-order valence-electron chi connectivity index (χ4n) is 2.78. The first-order valence-electron chi connectivity index (χ1n) is 8.16. The predicted octanol–water partition coefficient (Wildman–Crippen LogP) is 0.576. The molecular weight excluding hydrogens is 296 g/mol. The van der Waals surface area contributed by atoms with Crippen molar-refractivity contribution in [2.24, 2.45) is 0 Å². The third-order valence-electron chi connectivity index (χ3n) is 3.92. The van der Waals surface area contributed by atoms with Crippen molar-refractivity contribution in [3.05, 3.63) is 27.9 Å². The highest BCUT2D eigenvalue weighted by Crippen LogP contribution is 2.17. The molecule has 0 radical (unpaired) electrons. The van der Waals surface area contributed by atoms with Crippen LogP contribution in [0.5, 0.6) is 0 Å². The molecule has 0 aliphatic heterocycles. The monoisotopic (exact) mass is 320 g/mol. The van der Waals surface area contributed by atoms with Crippen molar-refractivity contribution in [1.82, 2.24) is 20.6 Å². The molecule has 3 N–H and O–H groups in total. The molecule has 1 aliphatic rings. The Bertz CT molecular complexity index is 606. The topological polar surface area (TPSA) is 104 Å². The quantitative estimate of drug-likeness (QED) is 0.683. The molecular formula is C16H24N4O3. The van der Waals surface area contributed by atoms with Crippen LogP contribution in [0, 0.1) is 6.92 Å². The van der Waals surface area contributed by atoms with Crippen molar-refractivity contribution in [3.63, 3.8) is 0 Å². The van der Waals surface area contributed by atoms with Gasteiger partial charge in [0.2, 0.25) is 11.8 Å². The number of nitrogens with zero attached hydrogens (tertiary/aromatic N) is 1. The van der Waals surface area contributed by atoms with E-state index in [1.54, 1.807) is 6.92 Å². The molecule has 0 atom stereocenters. The van der Waals surface area contributed by atoms with Crippen LogP contribution in [0.4, 0.5) is 0 Å². The van der Waals surface area contributed by atoms with Gasteiger partial charge in [-0.25, -0.2) is 4.98 Å². The summed E-state index contributed by atoms with van der Waals surface area (Å²) < 4.78 is 0. The van der Waals surface area contributed by atoms with Crippen LogP contribution < -0.4 is 16.2 Å². The average Bonchev–Trinajstić information content (AvgIpc) is 2.97. The van der Waals surface area contributed by atoms with Crippen molar-refractivity contribution in [2.45, 2.75) is 57.9 Å². The number of hydrogen-bond donors (Lipinski definition) is 3. The van der Waals surface area contributed by atoms with E-state index in [9.17, 15) is 14.4 Å². The summed E-state index contributed by atoms with van der Waals surface area (Å²) in [5.74, 6) is 0.342. The SMILES string of the molecule is Cc1nc(CCNC(=O)CCC(=O)NC2CCCC2)cc(=O)[nH]1. The zero-order valence-corrected chi connectivity index (χ0v) is 13.5. The van der Waals surface area contributed by atoms with Crippen LogP contribution in [-0.4, -0.2) is 34.4 Å². The van der Waals surface area contributed by atoms with Crippen LogP contribution in [0.3, 0.4) is 0 Å². The van der Waals surface area contributed by atoms with Gasteiger partial charge in [-0.3, -0.25) is 14.4 Å². The van der Waals surface area contributed by atoms with E-state index in [1.807, 2.05) is 0 Å². The summed E-state index contributed by atoms with van der Waals surface area (Å²) in [6.45, 7) is 2.12. The molecule has 1 fully saturated rings. The van der Waals surface area contributed by atoms with Gasteiger partial charge in [0.05, 0.1) is 0 Å². The van der Waals surface area contributed by atoms with Gasteiger partial charge in [-0.2, -0.15) is 0 Å². The van der Waals surface area contributed by atoms with Crippen LogP contribution in [0.1, 0.15) is 50.0 Å². The zero-order valence-electron chi connectivity index (χ0n) is 13.5. The van der Waals surface area contributed by atoms with E-state index in [0.29, 0.717) is 24.5 Å². The second kappa shape index (κ2) is 8.45. The van der Waals surface area contributed by atoms with Crippen LogP contribution in [0.2, 0.25) is 0 Å². The number of hydrogen-bond acceptors (Lipinski definition) is 4. The number of amides is 2. The Morgan fingerprint density at radius 1 is 1.26 bits per heavy atom. The molecule has 1 aromatic rings. The maximum atomic E-state index is 11.7. The van der Waals surface area contributed by atoms with Crippen molar-refractivity contribution in [3.8, 4) is 0 Å². The lowest BCUT2D eigenvalue weighted by Gasteiger charge is -2.11. The number of carbonyl (C=O) groups excluding carboxylic acids is 2. The summed E-state index contributed by atoms with van der Waals surface area (Å²) in [4.78, 5) is 41.5. The van der Waals surface area contributed by atoms with Gasteiger partial charge in [-0.1, -0.05) is 12.8 Å². The zero-order chi connectivity index (χ0) is 16.7. The first-order valence-corrected chi connectivity index (χ1v) is 8.16. The summed E-state index contributed by atoms with van der Waals surface area (Å²) in [5.41, 5.74) is 0.452. The summed E-state index contributed by atoms with van der Waals surface area (Å²) >= 11 is 0. The average molecular weight is 320 g/mol. The van der Waals surface area contributed by atoms with E-state index in [-0.39, 0.29) is 36.3 Å². The summed E-state index contributed by atoms with van der Waals surface area (Å²) in [6.07, 6.45) is 5.31. The van der Waals surface area contributed by atoms with E-state index in [4.69, 9.17) is 0 Å². The number of nitrogens with one attached hydrogen (secondary N) is 3. The predicted molar refractivity (Wildman–Crippen MR) is 85.9 cm³/mol. The lowest BCUT2D eigenvalue weighted by Crippen LogP contribution is -2.34. The fraction of sp³-hybridized carbons (Fsp3) is 0.625. The molecule has 0 saturated heterocycles. The van der Waals surface area contributed by atoms with Crippen LogP contribution in [0.15, 0.2) is 10.9 Å². The molecule has 1 aliphatic carbocycles. The minimum atomic E-state index is -0.192. The van der Waals surface area contributed by atoms with Crippen LogP contribution in [-0.2, 0) is 16.0 Å². The van der Waals surface area contributed by atoms with Crippen molar-refractivity contribution < 1.29 is 9.59 Å². The number of aromatic nitrogens is 2. The number of rotatable bonds is 7. The minimum absolute atomic E-state index is 0.0565. The lowest BCUT2D eigenvalue weighted by molar-refractivity contribution is -0.126. The first kappa shape index (κ1) is 17.2. The van der Waals surface area contributed by atoms with Crippen molar-refractivity contribution in [1.29, 1.82) is 0 Å². The molecule has 1 saturated carbocycles. The van der Waals surface area contributed by atoms with Gasteiger partial charge in [-0.15, -0.1) is 0 Å².